The Kier molecular flexibility index (Phi) is 4.30. The molecule has 0 N–H and O–H groups in total. The topological polar surface area (TPSA) is 39.1 Å². The third-order valence-corrected chi connectivity index (χ3v) is 4.07. The van der Waals surface area contributed by atoms with E-state index >= 15 is 0 Å². The van der Waals surface area contributed by atoms with Gasteiger partial charge >= 0.3 is 0 Å². The second-order valence-corrected chi connectivity index (χ2v) is 5.92. The van der Waals surface area contributed by atoms with Crippen molar-refractivity contribution < 1.29 is 9.18 Å². The first kappa shape index (κ1) is 16.1. The van der Waals surface area contributed by atoms with Gasteiger partial charge in [-0.2, -0.15) is 0 Å². The van der Waals surface area contributed by atoms with Gasteiger partial charge in [0.15, 0.2) is 5.78 Å². The van der Waals surface area contributed by atoms with E-state index < -0.39 is 11.2 Å². The van der Waals surface area contributed by atoms with Crippen molar-refractivity contribution in [2.24, 2.45) is 0 Å². The lowest BCUT2D eigenvalue weighted by Gasteiger charge is -2.12. The van der Waals surface area contributed by atoms with Crippen molar-refractivity contribution in [1.29, 1.82) is 0 Å². The van der Waals surface area contributed by atoms with E-state index in [-0.39, 0.29) is 16.7 Å². The quantitative estimate of drug-likeness (QED) is 0.678. The van der Waals surface area contributed by atoms with Gasteiger partial charge in [0.2, 0.25) is 5.43 Å². The Bertz CT molecular complexity index is 971. The first-order chi connectivity index (χ1) is 11.5. The van der Waals surface area contributed by atoms with E-state index in [0.717, 1.165) is 12.0 Å². The molecule has 0 atom stereocenters. The zero-order chi connectivity index (χ0) is 17.3. The first-order valence-electron chi connectivity index (χ1n) is 7.95. The van der Waals surface area contributed by atoms with E-state index in [9.17, 15) is 14.0 Å². The maximum Gasteiger partial charge on any atom is 0.200 e. The summed E-state index contributed by atoms with van der Waals surface area (Å²) in [6, 6.07) is 11.2. The lowest BCUT2D eigenvalue weighted by Crippen LogP contribution is -2.20. The van der Waals surface area contributed by atoms with Gasteiger partial charge in [0.25, 0.3) is 0 Å². The lowest BCUT2D eigenvalue weighted by molar-refractivity contribution is 0.103. The summed E-state index contributed by atoms with van der Waals surface area (Å²) < 4.78 is 15.4. The number of benzene rings is 2. The number of carbonyl (C=O) groups excluding carboxylic acids is 1. The molecule has 1 heterocycles. The van der Waals surface area contributed by atoms with Gasteiger partial charge in [0, 0.05) is 23.7 Å². The second kappa shape index (κ2) is 6.40. The Morgan fingerprint density at radius 1 is 1.12 bits per heavy atom. The van der Waals surface area contributed by atoms with Crippen molar-refractivity contribution in [2.45, 2.75) is 26.8 Å². The molecular formula is C20H18FNO2. The van der Waals surface area contributed by atoms with Crippen LogP contribution in [0.4, 0.5) is 4.39 Å². The summed E-state index contributed by atoms with van der Waals surface area (Å²) >= 11 is 0. The van der Waals surface area contributed by atoms with E-state index in [1.54, 1.807) is 24.4 Å². The smallest absolute Gasteiger partial charge is 0.200 e. The molecule has 0 aliphatic rings. The normalized spacial score (nSPS) is 11.0. The van der Waals surface area contributed by atoms with E-state index in [0.29, 0.717) is 17.6 Å². The SMILES string of the molecule is CCCn1cc(C(=O)c2ccc(C)cc2)c(=O)c2cc(F)ccc21. The minimum Gasteiger partial charge on any atom is -0.347 e. The highest BCUT2D eigenvalue weighted by Gasteiger charge is 2.17. The molecule has 0 unspecified atom stereocenters. The molecular weight excluding hydrogens is 305 g/mol. The Labute approximate surface area is 139 Å². The van der Waals surface area contributed by atoms with E-state index in [4.69, 9.17) is 0 Å². The third-order valence-electron chi connectivity index (χ3n) is 4.07. The third kappa shape index (κ3) is 2.87. The fourth-order valence-corrected chi connectivity index (χ4v) is 2.82. The summed E-state index contributed by atoms with van der Waals surface area (Å²) in [5, 5.41) is 0.237. The van der Waals surface area contributed by atoms with Crippen LogP contribution in [0.3, 0.4) is 0 Å². The maximum atomic E-state index is 13.6. The monoisotopic (exact) mass is 323 g/mol. The van der Waals surface area contributed by atoms with Crippen LogP contribution in [0.1, 0.15) is 34.8 Å². The molecule has 0 amide bonds. The summed E-state index contributed by atoms with van der Waals surface area (Å²) in [6.07, 6.45) is 2.43. The Morgan fingerprint density at radius 3 is 2.50 bits per heavy atom. The van der Waals surface area contributed by atoms with Crippen LogP contribution in [-0.4, -0.2) is 10.4 Å². The van der Waals surface area contributed by atoms with Crippen LogP contribution >= 0.6 is 0 Å². The lowest BCUT2D eigenvalue weighted by atomic mass is 10.0. The number of ketones is 1. The number of fused-ring (bicyclic) bond motifs is 1. The number of nitrogens with zero attached hydrogens (tertiary/aromatic N) is 1. The predicted molar refractivity (Wildman–Crippen MR) is 93.1 cm³/mol. The number of aromatic nitrogens is 1. The molecule has 0 radical (unpaired) electrons. The fraction of sp³-hybridized carbons (Fsp3) is 0.200. The van der Waals surface area contributed by atoms with Gasteiger partial charge in [-0.05, 0) is 31.5 Å². The standard InChI is InChI=1S/C20H18FNO2/c1-3-10-22-12-17(19(23)14-6-4-13(2)5-7-14)20(24)16-11-15(21)8-9-18(16)22/h4-9,11-12H,3,10H2,1-2H3. The largest absolute Gasteiger partial charge is 0.347 e. The van der Waals surface area contributed by atoms with Gasteiger partial charge in [-0.3, -0.25) is 9.59 Å². The molecule has 3 nitrogen and oxygen atoms in total. The van der Waals surface area contributed by atoms with Crippen molar-refractivity contribution in [1.82, 2.24) is 4.57 Å². The van der Waals surface area contributed by atoms with Crippen LogP contribution in [0.2, 0.25) is 0 Å². The van der Waals surface area contributed by atoms with Crippen molar-refractivity contribution in [3.8, 4) is 0 Å². The van der Waals surface area contributed by atoms with Crippen molar-refractivity contribution >= 4 is 16.7 Å². The molecule has 4 heteroatoms. The van der Waals surface area contributed by atoms with Gasteiger partial charge in [-0.15, -0.1) is 0 Å². The van der Waals surface area contributed by atoms with Gasteiger partial charge in [0.1, 0.15) is 5.82 Å². The van der Waals surface area contributed by atoms with Crippen LogP contribution in [0, 0.1) is 12.7 Å². The first-order valence-corrected chi connectivity index (χ1v) is 7.95. The van der Waals surface area contributed by atoms with Crippen molar-refractivity contribution in [3.63, 3.8) is 0 Å². The summed E-state index contributed by atoms with van der Waals surface area (Å²) in [6.45, 7) is 4.59. The highest BCUT2D eigenvalue weighted by Crippen LogP contribution is 2.16. The number of aryl methyl sites for hydroxylation is 2. The number of halogens is 1. The number of carbonyl (C=O) groups is 1. The summed E-state index contributed by atoms with van der Waals surface area (Å²) in [4.78, 5) is 25.5. The molecule has 3 rings (SSSR count). The molecule has 0 aliphatic heterocycles. The Hall–Kier alpha value is -2.75. The average Bonchev–Trinajstić information content (AvgIpc) is 2.57. The zero-order valence-electron chi connectivity index (χ0n) is 13.7. The molecule has 0 aliphatic carbocycles. The summed E-state index contributed by atoms with van der Waals surface area (Å²) in [7, 11) is 0. The highest BCUT2D eigenvalue weighted by molar-refractivity contribution is 6.10. The Balaban J connectivity index is 2.23. The highest BCUT2D eigenvalue weighted by atomic mass is 19.1. The number of hydrogen-bond donors (Lipinski definition) is 0. The average molecular weight is 323 g/mol. The minimum absolute atomic E-state index is 0.0744. The van der Waals surface area contributed by atoms with Crippen LogP contribution < -0.4 is 5.43 Å². The molecule has 0 fully saturated rings. The van der Waals surface area contributed by atoms with Crippen LogP contribution in [-0.2, 0) is 6.54 Å². The van der Waals surface area contributed by atoms with Gasteiger partial charge in [0.05, 0.1) is 11.1 Å². The van der Waals surface area contributed by atoms with Gasteiger partial charge < -0.3 is 4.57 Å². The van der Waals surface area contributed by atoms with E-state index in [1.807, 2.05) is 30.5 Å². The molecule has 1 aromatic heterocycles. The molecule has 0 spiro atoms. The fourth-order valence-electron chi connectivity index (χ4n) is 2.82. The second-order valence-electron chi connectivity index (χ2n) is 5.92. The van der Waals surface area contributed by atoms with E-state index in [1.165, 1.54) is 12.1 Å². The minimum atomic E-state index is -0.484. The van der Waals surface area contributed by atoms with Crippen molar-refractivity contribution in [3.05, 3.63) is 81.4 Å². The molecule has 24 heavy (non-hydrogen) atoms. The predicted octanol–water partition coefficient (Wildman–Crippen LogP) is 4.09. The number of pyridine rings is 1. The van der Waals surface area contributed by atoms with Crippen LogP contribution in [0.15, 0.2) is 53.5 Å². The molecule has 0 saturated carbocycles. The van der Waals surface area contributed by atoms with Gasteiger partial charge in [-0.1, -0.05) is 36.8 Å². The molecule has 0 saturated heterocycles. The van der Waals surface area contributed by atoms with Gasteiger partial charge in [-0.25, -0.2) is 4.39 Å². The number of hydrogen-bond acceptors (Lipinski definition) is 2. The van der Waals surface area contributed by atoms with Crippen LogP contribution in [0.25, 0.3) is 10.9 Å². The summed E-state index contributed by atoms with van der Waals surface area (Å²) in [5.74, 6) is -0.821. The molecule has 0 bridgehead atoms. The molecule has 122 valence electrons. The molecule has 2 aromatic carbocycles. The Morgan fingerprint density at radius 2 is 1.83 bits per heavy atom. The summed E-state index contributed by atoms with van der Waals surface area (Å²) in [5.41, 5.74) is 1.78. The van der Waals surface area contributed by atoms with Crippen LogP contribution in [0.5, 0.6) is 0 Å². The van der Waals surface area contributed by atoms with Crippen molar-refractivity contribution in [2.75, 3.05) is 0 Å². The molecule has 3 aromatic rings. The maximum absolute atomic E-state index is 13.6. The van der Waals surface area contributed by atoms with E-state index in [2.05, 4.69) is 0 Å². The number of rotatable bonds is 4. The zero-order valence-corrected chi connectivity index (χ0v) is 13.7.